The molecule has 104 valence electrons. The van der Waals surface area contributed by atoms with E-state index in [-0.39, 0.29) is 30.5 Å². The van der Waals surface area contributed by atoms with Crippen molar-refractivity contribution in [1.29, 1.82) is 0 Å². The average molecular weight is 309 g/mol. The van der Waals surface area contributed by atoms with Crippen molar-refractivity contribution in [1.82, 2.24) is 4.90 Å². The van der Waals surface area contributed by atoms with Crippen LogP contribution in [0.25, 0.3) is 6.08 Å². The summed E-state index contributed by atoms with van der Waals surface area (Å²) in [6.45, 7) is 1.74. The maximum Gasteiger partial charge on any atom is 0.266 e. The standard InChI is InChI=1S/C14H12FNO2S2/c1-9(17)6-7-16-13(18)12(20-14(16)19)8-10-4-2-3-5-11(10)15/h2-5,8H,6-7H2,1H3/b12-8-. The molecule has 0 radical (unpaired) electrons. The molecule has 3 nitrogen and oxygen atoms in total. The Hall–Kier alpha value is -1.53. The lowest BCUT2D eigenvalue weighted by atomic mass is 10.2. The van der Waals surface area contributed by atoms with Crippen LogP contribution < -0.4 is 0 Å². The second-order valence-electron chi connectivity index (χ2n) is 4.31. The van der Waals surface area contributed by atoms with Gasteiger partial charge in [0.1, 0.15) is 15.9 Å². The third-order valence-corrected chi connectivity index (χ3v) is 4.13. The Bertz CT molecular complexity index is 613. The molecular formula is C14H12FNO2S2. The third kappa shape index (κ3) is 3.32. The zero-order valence-electron chi connectivity index (χ0n) is 10.8. The van der Waals surface area contributed by atoms with Crippen LogP contribution in [0, 0.1) is 5.82 Å². The second-order valence-corrected chi connectivity index (χ2v) is 5.98. The predicted octanol–water partition coefficient (Wildman–Crippen LogP) is 3.01. The van der Waals surface area contributed by atoms with Crippen LogP contribution in [0.3, 0.4) is 0 Å². The van der Waals surface area contributed by atoms with Gasteiger partial charge in [0.05, 0.1) is 4.91 Å². The van der Waals surface area contributed by atoms with Crippen LogP contribution in [0.1, 0.15) is 18.9 Å². The maximum absolute atomic E-state index is 13.6. The van der Waals surface area contributed by atoms with E-state index in [1.807, 2.05) is 0 Å². The van der Waals surface area contributed by atoms with Crippen molar-refractivity contribution in [3.8, 4) is 0 Å². The summed E-state index contributed by atoms with van der Waals surface area (Å²) in [6.07, 6.45) is 1.75. The van der Waals surface area contributed by atoms with E-state index in [1.54, 1.807) is 18.2 Å². The van der Waals surface area contributed by atoms with Crippen molar-refractivity contribution in [2.24, 2.45) is 0 Å². The molecule has 0 aliphatic carbocycles. The minimum absolute atomic E-state index is 0.00265. The van der Waals surface area contributed by atoms with Gasteiger partial charge >= 0.3 is 0 Å². The molecular weight excluding hydrogens is 297 g/mol. The van der Waals surface area contributed by atoms with E-state index < -0.39 is 0 Å². The molecule has 1 aliphatic heterocycles. The largest absolute Gasteiger partial charge is 0.300 e. The molecule has 1 saturated heterocycles. The fourth-order valence-corrected chi connectivity index (χ4v) is 2.99. The number of Topliss-reactive ketones (excluding diaryl/α,β-unsaturated/α-hetero) is 1. The number of nitrogens with zero attached hydrogens (tertiary/aromatic N) is 1. The number of hydrogen-bond acceptors (Lipinski definition) is 4. The number of hydrogen-bond donors (Lipinski definition) is 0. The molecule has 0 atom stereocenters. The summed E-state index contributed by atoms with van der Waals surface area (Å²) in [7, 11) is 0. The number of carbonyl (C=O) groups excluding carboxylic acids is 2. The van der Waals surface area contributed by atoms with Gasteiger partial charge < -0.3 is 0 Å². The normalized spacial score (nSPS) is 17.1. The molecule has 1 heterocycles. The maximum atomic E-state index is 13.6. The van der Waals surface area contributed by atoms with E-state index in [2.05, 4.69) is 0 Å². The highest BCUT2D eigenvalue weighted by molar-refractivity contribution is 8.26. The molecule has 20 heavy (non-hydrogen) atoms. The minimum atomic E-state index is -0.387. The van der Waals surface area contributed by atoms with Crippen LogP contribution in [-0.2, 0) is 9.59 Å². The Kier molecular flexibility index (Phi) is 4.67. The molecule has 0 saturated carbocycles. The van der Waals surface area contributed by atoms with Gasteiger partial charge in [0, 0.05) is 18.5 Å². The number of thioether (sulfide) groups is 1. The molecule has 1 fully saturated rings. The Morgan fingerprint density at radius 1 is 1.45 bits per heavy atom. The summed E-state index contributed by atoms with van der Waals surface area (Å²) in [5.74, 6) is -0.664. The number of rotatable bonds is 4. The van der Waals surface area contributed by atoms with Crippen molar-refractivity contribution >= 4 is 46.1 Å². The number of halogens is 1. The van der Waals surface area contributed by atoms with Gasteiger partial charge in [-0.25, -0.2) is 4.39 Å². The topological polar surface area (TPSA) is 37.4 Å². The second kappa shape index (κ2) is 6.28. The van der Waals surface area contributed by atoms with Gasteiger partial charge in [-0.1, -0.05) is 42.2 Å². The van der Waals surface area contributed by atoms with Crippen molar-refractivity contribution in [2.45, 2.75) is 13.3 Å². The molecule has 1 amide bonds. The summed E-state index contributed by atoms with van der Waals surface area (Å²) in [5, 5.41) is 0. The Morgan fingerprint density at radius 3 is 2.80 bits per heavy atom. The quantitative estimate of drug-likeness (QED) is 0.633. The van der Waals surface area contributed by atoms with Crippen molar-refractivity contribution in [3.05, 3.63) is 40.6 Å². The van der Waals surface area contributed by atoms with Crippen molar-refractivity contribution in [2.75, 3.05) is 6.54 Å². The molecule has 0 N–H and O–H groups in total. The van der Waals surface area contributed by atoms with Gasteiger partial charge in [-0.2, -0.15) is 0 Å². The van der Waals surface area contributed by atoms with Crippen LogP contribution >= 0.6 is 24.0 Å². The van der Waals surface area contributed by atoms with Gasteiger partial charge in [0.25, 0.3) is 5.91 Å². The lowest BCUT2D eigenvalue weighted by Gasteiger charge is -2.12. The predicted molar refractivity (Wildman–Crippen MR) is 81.6 cm³/mol. The molecule has 0 spiro atoms. The fraction of sp³-hybridized carbons (Fsp3) is 0.214. The summed E-state index contributed by atoms with van der Waals surface area (Å²) in [5.41, 5.74) is 0.347. The fourth-order valence-electron chi connectivity index (χ4n) is 1.70. The minimum Gasteiger partial charge on any atom is -0.300 e. The molecule has 1 aliphatic rings. The first-order valence-corrected chi connectivity index (χ1v) is 7.21. The zero-order valence-corrected chi connectivity index (χ0v) is 12.4. The summed E-state index contributed by atoms with van der Waals surface area (Å²) >= 11 is 6.25. The summed E-state index contributed by atoms with van der Waals surface area (Å²) in [6, 6.07) is 6.22. The average Bonchev–Trinajstić information content (AvgIpc) is 2.65. The number of carbonyl (C=O) groups is 2. The van der Waals surface area contributed by atoms with Crippen LogP contribution in [0.2, 0.25) is 0 Å². The van der Waals surface area contributed by atoms with E-state index in [4.69, 9.17) is 12.2 Å². The van der Waals surface area contributed by atoms with Crippen LogP contribution in [-0.4, -0.2) is 27.5 Å². The van der Waals surface area contributed by atoms with E-state index in [0.717, 1.165) is 11.8 Å². The number of benzene rings is 1. The molecule has 2 rings (SSSR count). The first kappa shape index (κ1) is 14.9. The first-order valence-electron chi connectivity index (χ1n) is 5.98. The van der Waals surface area contributed by atoms with Gasteiger partial charge in [0.15, 0.2) is 0 Å². The Morgan fingerprint density at radius 2 is 2.15 bits per heavy atom. The highest BCUT2D eigenvalue weighted by Gasteiger charge is 2.31. The van der Waals surface area contributed by atoms with E-state index in [0.29, 0.717) is 14.8 Å². The van der Waals surface area contributed by atoms with Crippen LogP contribution in [0.15, 0.2) is 29.2 Å². The van der Waals surface area contributed by atoms with Crippen LogP contribution in [0.5, 0.6) is 0 Å². The molecule has 0 aromatic heterocycles. The number of thiocarbonyl (C=S) groups is 1. The van der Waals surface area contributed by atoms with Crippen LogP contribution in [0.4, 0.5) is 4.39 Å². The highest BCUT2D eigenvalue weighted by atomic mass is 32.2. The zero-order chi connectivity index (χ0) is 14.7. The lowest BCUT2D eigenvalue weighted by molar-refractivity contribution is -0.122. The SMILES string of the molecule is CC(=O)CCN1C(=O)/C(=C/c2ccccc2F)SC1=S. The van der Waals surface area contributed by atoms with E-state index in [9.17, 15) is 14.0 Å². The molecule has 0 unspecified atom stereocenters. The van der Waals surface area contributed by atoms with Gasteiger partial charge in [-0.15, -0.1) is 0 Å². The van der Waals surface area contributed by atoms with Gasteiger partial charge in [-0.3, -0.25) is 14.5 Å². The molecule has 1 aromatic carbocycles. The molecule has 6 heteroatoms. The van der Waals surface area contributed by atoms with E-state index in [1.165, 1.54) is 24.0 Å². The number of amides is 1. The first-order chi connectivity index (χ1) is 9.49. The summed E-state index contributed by atoms with van der Waals surface area (Å²) < 4.78 is 14.0. The van der Waals surface area contributed by atoms with Crippen molar-refractivity contribution < 1.29 is 14.0 Å². The molecule has 0 bridgehead atoms. The monoisotopic (exact) mass is 309 g/mol. The smallest absolute Gasteiger partial charge is 0.266 e. The van der Waals surface area contributed by atoms with Crippen molar-refractivity contribution in [3.63, 3.8) is 0 Å². The highest BCUT2D eigenvalue weighted by Crippen LogP contribution is 2.32. The van der Waals surface area contributed by atoms with E-state index >= 15 is 0 Å². The van der Waals surface area contributed by atoms with Gasteiger partial charge in [-0.05, 0) is 19.1 Å². The molecule has 1 aromatic rings. The van der Waals surface area contributed by atoms with Gasteiger partial charge in [0.2, 0.25) is 0 Å². The Labute approximate surface area is 125 Å². The summed E-state index contributed by atoms with van der Waals surface area (Å²) in [4.78, 5) is 24.9. The third-order valence-electron chi connectivity index (χ3n) is 2.75. The lowest BCUT2D eigenvalue weighted by Crippen LogP contribution is -2.30. The number of ketones is 1. The Balaban J connectivity index is 2.19.